The van der Waals surface area contributed by atoms with Crippen LogP contribution in [0.15, 0.2) is 6.07 Å². The number of carbonyl (C=O) groups is 1. The summed E-state index contributed by atoms with van der Waals surface area (Å²) in [5, 5.41) is 3.02. The molecule has 0 bridgehead atoms. The zero-order valence-electron chi connectivity index (χ0n) is 5.93. The summed E-state index contributed by atoms with van der Waals surface area (Å²) in [5.41, 5.74) is 0. The molecule has 0 atom stereocenters. The molecule has 0 fully saturated rings. The number of aromatic nitrogens is 1. The fraction of sp³-hybridized carbons (Fsp3) is 0.333. The van der Waals surface area contributed by atoms with Crippen molar-refractivity contribution in [3.05, 3.63) is 16.1 Å². The third kappa shape index (κ3) is 2.17. The van der Waals surface area contributed by atoms with Crippen LogP contribution in [-0.2, 0) is 0 Å². The fourth-order valence-corrected chi connectivity index (χ4v) is 1.44. The van der Waals surface area contributed by atoms with Gasteiger partial charge in [0.05, 0.1) is 0 Å². The average Bonchev–Trinajstić information content (AvgIpc) is 2.36. The molecule has 60 valence electrons. The molecular formula is C6H7ClN2OS. The van der Waals surface area contributed by atoms with E-state index in [2.05, 4.69) is 9.69 Å². The molecule has 1 heterocycles. The van der Waals surface area contributed by atoms with Gasteiger partial charge in [-0.3, -0.25) is 4.79 Å². The van der Waals surface area contributed by atoms with E-state index in [0.717, 1.165) is 11.5 Å². The van der Waals surface area contributed by atoms with Crippen molar-refractivity contribution in [1.82, 2.24) is 9.69 Å². The van der Waals surface area contributed by atoms with Crippen molar-refractivity contribution >= 4 is 29.0 Å². The number of rotatable bonds is 2. The van der Waals surface area contributed by atoms with Gasteiger partial charge in [0.2, 0.25) is 0 Å². The number of carbonyl (C=O) groups excluding carboxylic acids is 1. The van der Waals surface area contributed by atoms with E-state index in [1.54, 1.807) is 6.07 Å². The van der Waals surface area contributed by atoms with Gasteiger partial charge in [-0.25, -0.2) is 0 Å². The number of hydrogen-bond donors (Lipinski definition) is 1. The minimum absolute atomic E-state index is 0.114. The molecule has 1 rings (SSSR count). The third-order valence-corrected chi connectivity index (χ3v) is 2.12. The molecule has 0 aliphatic carbocycles. The van der Waals surface area contributed by atoms with Gasteiger partial charge in [-0.1, -0.05) is 11.6 Å². The topological polar surface area (TPSA) is 42.0 Å². The second-order valence-electron chi connectivity index (χ2n) is 1.87. The van der Waals surface area contributed by atoms with Crippen LogP contribution in [-0.4, -0.2) is 16.8 Å². The Morgan fingerprint density at radius 1 is 1.91 bits per heavy atom. The average molecular weight is 191 g/mol. The van der Waals surface area contributed by atoms with E-state index in [9.17, 15) is 4.79 Å². The second kappa shape index (κ2) is 3.69. The molecule has 0 aliphatic rings. The van der Waals surface area contributed by atoms with Crippen LogP contribution in [0.3, 0.4) is 0 Å². The van der Waals surface area contributed by atoms with Gasteiger partial charge in [0.1, 0.15) is 10.0 Å². The molecular weight excluding hydrogens is 184 g/mol. The molecule has 0 radical (unpaired) electrons. The van der Waals surface area contributed by atoms with Crippen LogP contribution in [0.5, 0.6) is 0 Å². The highest BCUT2D eigenvalue weighted by Gasteiger charge is 2.07. The summed E-state index contributed by atoms with van der Waals surface area (Å²) in [4.78, 5) is 11.6. The molecule has 5 heteroatoms. The van der Waals surface area contributed by atoms with Gasteiger partial charge < -0.3 is 5.32 Å². The summed E-state index contributed by atoms with van der Waals surface area (Å²) in [6, 6.07) is 1.55. The molecule has 1 aromatic rings. The zero-order valence-corrected chi connectivity index (χ0v) is 7.50. The van der Waals surface area contributed by atoms with Crippen LogP contribution in [0.2, 0.25) is 5.15 Å². The summed E-state index contributed by atoms with van der Waals surface area (Å²) >= 11 is 6.63. The Labute approximate surface area is 73.5 Å². The van der Waals surface area contributed by atoms with Crippen LogP contribution in [0.1, 0.15) is 16.6 Å². The Bertz CT molecular complexity index is 261. The smallest absolute Gasteiger partial charge is 0.263 e. The highest BCUT2D eigenvalue weighted by atomic mass is 35.5. The van der Waals surface area contributed by atoms with Gasteiger partial charge in [0.25, 0.3) is 5.91 Å². The third-order valence-electron chi connectivity index (χ3n) is 1.04. The number of nitrogens with one attached hydrogen (secondary N) is 1. The lowest BCUT2D eigenvalue weighted by Gasteiger charge is -1.94. The largest absolute Gasteiger partial charge is 0.352 e. The second-order valence-corrected chi connectivity index (χ2v) is 3.07. The Morgan fingerprint density at radius 2 is 2.64 bits per heavy atom. The fourth-order valence-electron chi connectivity index (χ4n) is 0.608. The van der Waals surface area contributed by atoms with Crippen LogP contribution >= 0.6 is 23.1 Å². The highest BCUT2D eigenvalue weighted by Crippen LogP contribution is 2.13. The molecule has 0 aromatic carbocycles. The minimum atomic E-state index is -0.114. The summed E-state index contributed by atoms with van der Waals surface area (Å²) in [6.45, 7) is 2.48. The number of amides is 1. The summed E-state index contributed by atoms with van der Waals surface area (Å²) in [6.07, 6.45) is 0. The molecule has 1 aromatic heterocycles. The standard InChI is InChI=1S/C6H7ClN2OS/c1-2-8-6(10)4-3-5(7)9-11-4/h3H,2H2,1H3,(H,8,10). The molecule has 0 aliphatic heterocycles. The Balaban J connectivity index is 2.69. The van der Waals surface area contributed by atoms with E-state index in [-0.39, 0.29) is 5.91 Å². The van der Waals surface area contributed by atoms with E-state index in [1.165, 1.54) is 0 Å². The van der Waals surface area contributed by atoms with Crippen molar-refractivity contribution in [2.45, 2.75) is 6.92 Å². The first kappa shape index (κ1) is 8.49. The molecule has 3 nitrogen and oxygen atoms in total. The van der Waals surface area contributed by atoms with E-state index >= 15 is 0 Å². The predicted molar refractivity (Wildman–Crippen MR) is 45.1 cm³/mol. The maximum Gasteiger partial charge on any atom is 0.263 e. The van der Waals surface area contributed by atoms with Gasteiger partial charge in [-0.2, -0.15) is 4.37 Å². The normalized spacial score (nSPS) is 9.64. The summed E-state index contributed by atoms with van der Waals surface area (Å²) < 4.78 is 3.77. The number of nitrogens with zero attached hydrogens (tertiary/aromatic N) is 1. The summed E-state index contributed by atoms with van der Waals surface area (Å²) in [7, 11) is 0. The van der Waals surface area contributed by atoms with Crippen molar-refractivity contribution in [1.29, 1.82) is 0 Å². The van der Waals surface area contributed by atoms with Crippen molar-refractivity contribution in [3.63, 3.8) is 0 Å². The van der Waals surface area contributed by atoms with Gasteiger partial charge in [-0.15, -0.1) is 0 Å². The van der Waals surface area contributed by atoms with Gasteiger partial charge in [-0.05, 0) is 18.5 Å². The molecule has 0 saturated carbocycles. The Hall–Kier alpha value is -0.610. The molecule has 11 heavy (non-hydrogen) atoms. The SMILES string of the molecule is CCNC(=O)c1cc(Cl)ns1. The number of hydrogen-bond acceptors (Lipinski definition) is 3. The molecule has 0 spiro atoms. The van der Waals surface area contributed by atoms with Crippen LogP contribution < -0.4 is 5.32 Å². The number of halogens is 1. The van der Waals surface area contributed by atoms with E-state index < -0.39 is 0 Å². The van der Waals surface area contributed by atoms with Crippen molar-refractivity contribution in [3.8, 4) is 0 Å². The van der Waals surface area contributed by atoms with Gasteiger partial charge >= 0.3 is 0 Å². The lowest BCUT2D eigenvalue weighted by atomic mass is 10.4. The lowest BCUT2D eigenvalue weighted by molar-refractivity contribution is 0.0960. The first-order valence-corrected chi connectivity index (χ1v) is 4.29. The van der Waals surface area contributed by atoms with Crippen LogP contribution in [0, 0.1) is 0 Å². The first-order valence-electron chi connectivity index (χ1n) is 3.14. The van der Waals surface area contributed by atoms with Crippen molar-refractivity contribution < 1.29 is 4.79 Å². The van der Waals surface area contributed by atoms with Crippen molar-refractivity contribution in [2.75, 3.05) is 6.54 Å². The lowest BCUT2D eigenvalue weighted by Crippen LogP contribution is -2.21. The summed E-state index contributed by atoms with van der Waals surface area (Å²) in [5.74, 6) is -0.114. The van der Waals surface area contributed by atoms with Gasteiger partial charge in [0, 0.05) is 12.6 Å². The Morgan fingerprint density at radius 3 is 3.09 bits per heavy atom. The minimum Gasteiger partial charge on any atom is -0.352 e. The first-order chi connectivity index (χ1) is 5.24. The maximum absolute atomic E-state index is 11.1. The van der Waals surface area contributed by atoms with Gasteiger partial charge in [0.15, 0.2) is 0 Å². The van der Waals surface area contributed by atoms with E-state index in [1.807, 2.05) is 6.92 Å². The predicted octanol–water partition coefficient (Wildman–Crippen LogP) is 1.55. The Kier molecular flexibility index (Phi) is 2.84. The molecule has 1 N–H and O–H groups in total. The van der Waals surface area contributed by atoms with Crippen LogP contribution in [0.25, 0.3) is 0 Å². The molecule has 0 unspecified atom stereocenters. The molecule has 0 saturated heterocycles. The van der Waals surface area contributed by atoms with Crippen molar-refractivity contribution in [2.24, 2.45) is 0 Å². The molecule has 1 amide bonds. The van der Waals surface area contributed by atoms with E-state index in [4.69, 9.17) is 11.6 Å². The quantitative estimate of drug-likeness (QED) is 0.769. The van der Waals surface area contributed by atoms with Crippen LogP contribution in [0.4, 0.5) is 0 Å². The maximum atomic E-state index is 11.1. The monoisotopic (exact) mass is 190 g/mol. The highest BCUT2D eigenvalue weighted by molar-refractivity contribution is 7.08. The van der Waals surface area contributed by atoms with E-state index in [0.29, 0.717) is 16.6 Å². The zero-order chi connectivity index (χ0) is 8.27.